The molecular formula is C30H37N3O5. The molecule has 3 aliphatic rings. The van der Waals surface area contributed by atoms with Crippen LogP contribution in [0.15, 0.2) is 48.5 Å². The first-order valence-electron chi connectivity index (χ1n) is 13.8. The van der Waals surface area contributed by atoms with Crippen molar-refractivity contribution in [1.82, 2.24) is 9.80 Å². The minimum Gasteiger partial charge on any atom is -0.486 e. The third-order valence-electron chi connectivity index (χ3n) is 7.79. The van der Waals surface area contributed by atoms with Crippen molar-refractivity contribution in [2.75, 3.05) is 39.3 Å². The van der Waals surface area contributed by atoms with Gasteiger partial charge in [-0.15, -0.1) is 0 Å². The summed E-state index contributed by atoms with van der Waals surface area (Å²) in [6.07, 6.45) is 4.95. The van der Waals surface area contributed by atoms with Crippen LogP contribution < -0.4 is 9.47 Å². The number of benzene rings is 2. The summed E-state index contributed by atoms with van der Waals surface area (Å²) in [5.74, 6) is 2.39. The smallest absolute Gasteiger partial charge is 0.407 e. The normalized spacial score (nSPS) is 24.3. The van der Waals surface area contributed by atoms with E-state index in [1.165, 1.54) is 0 Å². The van der Waals surface area contributed by atoms with E-state index >= 15 is 0 Å². The Kier molecular flexibility index (Phi) is 8.67. The summed E-state index contributed by atoms with van der Waals surface area (Å²) in [4.78, 5) is 15.5. The quantitative estimate of drug-likeness (QED) is 0.481. The fraction of sp³-hybridized carbons (Fsp3) is 0.533. The lowest BCUT2D eigenvalue weighted by molar-refractivity contribution is -0.105. The highest BCUT2D eigenvalue weighted by atomic mass is 16.7. The van der Waals surface area contributed by atoms with Crippen molar-refractivity contribution in [3.05, 3.63) is 59.7 Å². The number of hydrogen-bond acceptors (Lipinski definition) is 6. The molecule has 8 heteroatoms. The molecule has 0 aromatic heterocycles. The summed E-state index contributed by atoms with van der Waals surface area (Å²) in [7, 11) is 0. The van der Waals surface area contributed by atoms with Gasteiger partial charge >= 0.3 is 6.09 Å². The maximum Gasteiger partial charge on any atom is 0.407 e. The van der Waals surface area contributed by atoms with Crippen molar-refractivity contribution in [1.29, 1.82) is 5.26 Å². The minimum atomic E-state index is -0.794. The molecule has 0 aliphatic carbocycles. The Labute approximate surface area is 224 Å². The maximum absolute atomic E-state index is 11.4. The topological polar surface area (TPSA) is 95.3 Å². The highest BCUT2D eigenvalue weighted by Gasteiger charge is 2.35. The van der Waals surface area contributed by atoms with Crippen LogP contribution in [0.2, 0.25) is 0 Å². The van der Waals surface area contributed by atoms with Gasteiger partial charge in [0.15, 0.2) is 6.29 Å². The first-order chi connectivity index (χ1) is 18.6. The average Bonchev–Trinajstić information content (AvgIpc) is 2.93. The van der Waals surface area contributed by atoms with Gasteiger partial charge in [-0.1, -0.05) is 12.1 Å². The van der Waals surface area contributed by atoms with Gasteiger partial charge in [0.05, 0.1) is 18.2 Å². The molecule has 2 bridgehead atoms. The number of carboxylic acid groups (broad SMARTS) is 1. The predicted molar refractivity (Wildman–Crippen MR) is 142 cm³/mol. The van der Waals surface area contributed by atoms with Gasteiger partial charge in [-0.2, -0.15) is 5.26 Å². The third-order valence-corrected chi connectivity index (χ3v) is 7.79. The summed E-state index contributed by atoms with van der Waals surface area (Å²) in [5, 5.41) is 18.6. The van der Waals surface area contributed by atoms with Crippen LogP contribution in [-0.2, 0) is 4.74 Å². The zero-order valence-corrected chi connectivity index (χ0v) is 21.8. The molecule has 3 heterocycles. The Morgan fingerprint density at radius 1 is 1.03 bits per heavy atom. The number of nitriles is 1. The molecule has 4 atom stereocenters. The van der Waals surface area contributed by atoms with Crippen molar-refractivity contribution in [3.63, 3.8) is 0 Å². The standard InChI is InChI=1S/C30H37N3O5/c31-17-22-6-8-25(9-7-22)28(37-26-10-12-27(13-11-26)38-29-5-1-2-15-36-29)4-3-14-32-18-23-16-24(19-32)21-33(20-23)30(34)35/h6-13,23-24,28-29H,1-5,14-16,18-21H2,(H,34,35). The molecule has 3 aliphatic heterocycles. The summed E-state index contributed by atoms with van der Waals surface area (Å²) in [6, 6.07) is 17.6. The van der Waals surface area contributed by atoms with Crippen LogP contribution in [0.4, 0.5) is 4.79 Å². The number of ether oxygens (including phenoxy) is 3. The Balaban J connectivity index is 1.18. The van der Waals surface area contributed by atoms with E-state index in [2.05, 4.69) is 11.0 Å². The third kappa shape index (κ3) is 6.97. The number of carbonyl (C=O) groups is 1. The van der Waals surface area contributed by atoms with E-state index < -0.39 is 6.09 Å². The molecule has 2 aromatic carbocycles. The van der Waals surface area contributed by atoms with E-state index in [1.54, 1.807) is 4.90 Å². The minimum absolute atomic E-state index is 0.136. The SMILES string of the molecule is N#Cc1ccc(C(CCCN2CC3CC(C2)CN(C(=O)O)C3)Oc2ccc(OC3CCCCO3)cc2)cc1. The average molecular weight is 520 g/mol. The number of likely N-dealkylation sites (tertiary alicyclic amines) is 2. The molecule has 5 rings (SSSR count). The van der Waals surface area contributed by atoms with Crippen LogP contribution in [0, 0.1) is 23.2 Å². The van der Waals surface area contributed by atoms with E-state index in [0.29, 0.717) is 30.5 Å². The maximum atomic E-state index is 11.4. The lowest BCUT2D eigenvalue weighted by atomic mass is 9.84. The summed E-state index contributed by atoms with van der Waals surface area (Å²) in [6.45, 7) is 4.91. The lowest BCUT2D eigenvalue weighted by Gasteiger charge is -2.45. The molecule has 3 saturated heterocycles. The van der Waals surface area contributed by atoms with E-state index in [4.69, 9.17) is 14.2 Å². The van der Waals surface area contributed by atoms with Crippen LogP contribution >= 0.6 is 0 Å². The van der Waals surface area contributed by atoms with Crippen molar-refractivity contribution in [2.24, 2.45) is 11.8 Å². The van der Waals surface area contributed by atoms with Crippen LogP contribution in [0.3, 0.4) is 0 Å². The second-order valence-electron chi connectivity index (χ2n) is 10.8. The van der Waals surface area contributed by atoms with Crippen molar-refractivity contribution >= 4 is 6.09 Å². The van der Waals surface area contributed by atoms with E-state index in [1.807, 2.05) is 48.5 Å². The number of fused-ring (bicyclic) bond motifs is 2. The second-order valence-corrected chi connectivity index (χ2v) is 10.8. The molecule has 0 spiro atoms. The zero-order chi connectivity index (χ0) is 26.3. The molecule has 1 N–H and O–H groups in total. The first kappa shape index (κ1) is 26.3. The van der Waals surface area contributed by atoms with Crippen molar-refractivity contribution in [2.45, 2.75) is 50.9 Å². The highest BCUT2D eigenvalue weighted by Crippen LogP contribution is 2.31. The molecule has 8 nitrogen and oxygen atoms in total. The molecule has 0 saturated carbocycles. The Bertz CT molecular complexity index is 1080. The predicted octanol–water partition coefficient (Wildman–Crippen LogP) is 5.30. The second kappa shape index (κ2) is 12.5. The number of rotatable bonds is 9. The monoisotopic (exact) mass is 519 g/mol. The van der Waals surface area contributed by atoms with Crippen LogP contribution in [0.5, 0.6) is 11.5 Å². The number of nitrogens with zero attached hydrogens (tertiary/aromatic N) is 3. The molecule has 0 radical (unpaired) electrons. The van der Waals surface area contributed by atoms with E-state index in [0.717, 1.165) is 81.8 Å². The van der Waals surface area contributed by atoms with Crippen molar-refractivity contribution in [3.8, 4) is 17.6 Å². The highest BCUT2D eigenvalue weighted by molar-refractivity contribution is 5.65. The van der Waals surface area contributed by atoms with Gasteiger partial charge in [0.1, 0.15) is 17.6 Å². The molecule has 1 amide bonds. The summed E-state index contributed by atoms with van der Waals surface area (Å²) in [5.41, 5.74) is 1.68. The van der Waals surface area contributed by atoms with E-state index in [-0.39, 0.29) is 12.4 Å². The number of piperidine rings is 2. The van der Waals surface area contributed by atoms with Gasteiger partial charge in [-0.3, -0.25) is 0 Å². The van der Waals surface area contributed by atoms with Gasteiger partial charge in [-0.25, -0.2) is 4.79 Å². The van der Waals surface area contributed by atoms with Crippen molar-refractivity contribution < 1.29 is 24.1 Å². The Morgan fingerprint density at radius 3 is 2.37 bits per heavy atom. The fourth-order valence-corrected chi connectivity index (χ4v) is 6.01. The van der Waals surface area contributed by atoms with Crippen LogP contribution in [0.1, 0.15) is 55.8 Å². The fourth-order valence-electron chi connectivity index (χ4n) is 6.01. The van der Waals surface area contributed by atoms with Gasteiger partial charge in [-0.05, 0) is 92.4 Å². The van der Waals surface area contributed by atoms with Gasteiger partial charge in [0.2, 0.25) is 0 Å². The van der Waals surface area contributed by atoms with Gasteiger partial charge < -0.3 is 29.1 Å². The van der Waals surface area contributed by atoms with Crippen LogP contribution in [0.25, 0.3) is 0 Å². The molecule has 38 heavy (non-hydrogen) atoms. The lowest BCUT2D eigenvalue weighted by Crippen LogP contribution is -2.53. The Hall–Kier alpha value is -3.28. The zero-order valence-electron chi connectivity index (χ0n) is 21.8. The largest absolute Gasteiger partial charge is 0.486 e. The number of hydrogen-bond donors (Lipinski definition) is 1. The molecule has 202 valence electrons. The van der Waals surface area contributed by atoms with Gasteiger partial charge in [0, 0.05) is 32.6 Å². The molecular weight excluding hydrogens is 482 g/mol. The first-order valence-corrected chi connectivity index (χ1v) is 13.8. The Morgan fingerprint density at radius 2 is 1.74 bits per heavy atom. The van der Waals surface area contributed by atoms with Crippen LogP contribution in [-0.4, -0.2) is 66.6 Å². The molecule has 2 aromatic rings. The molecule has 3 fully saturated rings. The summed E-state index contributed by atoms with van der Waals surface area (Å²) >= 11 is 0. The molecule has 4 unspecified atom stereocenters. The van der Waals surface area contributed by atoms with Gasteiger partial charge in [0.25, 0.3) is 0 Å². The summed E-state index contributed by atoms with van der Waals surface area (Å²) < 4.78 is 18.1. The number of amides is 1. The van der Waals surface area contributed by atoms with E-state index in [9.17, 15) is 15.2 Å².